The summed E-state index contributed by atoms with van der Waals surface area (Å²) in [6.07, 6.45) is 11.4. The topological polar surface area (TPSA) is 128 Å². The Kier molecular flexibility index (Phi) is 13.3. The van der Waals surface area contributed by atoms with Gasteiger partial charge in [-0.25, -0.2) is 4.98 Å². The summed E-state index contributed by atoms with van der Waals surface area (Å²) in [6, 6.07) is 3.38. The van der Waals surface area contributed by atoms with Crippen molar-refractivity contribution in [3.05, 3.63) is 36.2 Å². The first-order valence-corrected chi connectivity index (χ1v) is 15.0. The van der Waals surface area contributed by atoms with Crippen LogP contribution < -0.4 is 16.0 Å². The number of anilines is 1. The first-order valence-electron chi connectivity index (χ1n) is 15.0. The van der Waals surface area contributed by atoms with Gasteiger partial charge in [0.25, 0.3) is 5.91 Å². The Bertz CT molecular complexity index is 986. The van der Waals surface area contributed by atoms with Crippen LogP contribution in [-0.2, 0) is 9.53 Å². The first kappa shape index (κ1) is 32.8. The van der Waals surface area contributed by atoms with Gasteiger partial charge in [0.05, 0.1) is 24.0 Å². The van der Waals surface area contributed by atoms with Crippen LogP contribution in [0.1, 0.15) is 61.9 Å². The highest BCUT2D eigenvalue weighted by Gasteiger charge is 2.31. The van der Waals surface area contributed by atoms with E-state index < -0.39 is 0 Å². The fourth-order valence-electron chi connectivity index (χ4n) is 5.97. The van der Waals surface area contributed by atoms with Gasteiger partial charge >= 0.3 is 0 Å². The van der Waals surface area contributed by atoms with Gasteiger partial charge in [0.2, 0.25) is 5.91 Å². The molecule has 1 aliphatic carbocycles. The van der Waals surface area contributed by atoms with Gasteiger partial charge < -0.3 is 31.0 Å². The summed E-state index contributed by atoms with van der Waals surface area (Å²) in [7, 11) is 0. The molecule has 1 saturated carbocycles. The van der Waals surface area contributed by atoms with E-state index in [1.807, 2.05) is 11.0 Å². The molecule has 2 radical (unpaired) electrons. The average molecular weight is 566 g/mol. The Morgan fingerprint density at radius 3 is 2.44 bits per heavy atom. The van der Waals surface area contributed by atoms with Crippen LogP contribution in [0.25, 0.3) is 0 Å². The molecule has 1 aromatic rings. The third kappa shape index (κ3) is 9.65. The van der Waals surface area contributed by atoms with Gasteiger partial charge in [-0.15, -0.1) is 0 Å². The van der Waals surface area contributed by atoms with Crippen LogP contribution in [0.2, 0.25) is 0 Å². The van der Waals surface area contributed by atoms with Crippen molar-refractivity contribution in [2.45, 2.75) is 63.5 Å². The van der Waals surface area contributed by atoms with Crippen molar-refractivity contribution < 1.29 is 14.3 Å². The molecule has 1 atom stereocenters. The number of ether oxygens (including phenoxy) is 1. The lowest BCUT2D eigenvalue weighted by molar-refractivity contribution is -0.136. The average Bonchev–Trinajstić information content (AvgIpc) is 3.01. The number of carbonyl (C=O) groups excluding carboxylic acids is 2. The Morgan fingerprint density at radius 2 is 1.80 bits per heavy atom. The monoisotopic (exact) mass is 565 g/mol. The van der Waals surface area contributed by atoms with Crippen molar-refractivity contribution in [2.75, 3.05) is 63.9 Å². The summed E-state index contributed by atoms with van der Waals surface area (Å²) in [4.78, 5) is 36.2. The number of pyridine rings is 1. The number of rotatable bonds is 12. The molecule has 2 saturated heterocycles. The Labute approximate surface area is 247 Å². The summed E-state index contributed by atoms with van der Waals surface area (Å²) in [5.74, 6) is 0.270. The number of piperidine rings is 1. The van der Waals surface area contributed by atoms with Crippen molar-refractivity contribution in [2.24, 2.45) is 11.7 Å². The lowest BCUT2D eigenvalue weighted by Gasteiger charge is -2.36. The van der Waals surface area contributed by atoms with Crippen LogP contribution >= 0.6 is 0 Å². The molecule has 4 rings (SSSR count). The predicted molar refractivity (Wildman–Crippen MR) is 165 cm³/mol. The van der Waals surface area contributed by atoms with Gasteiger partial charge in [0.1, 0.15) is 5.69 Å². The molecular weight excluding hydrogens is 517 g/mol. The number of carbonyl (C=O) groups is 2. The van der Waals surface area contributed by atoms with Crippen LogP contribution in [0, 0.1) is 11.3 Å². The fourth-order valence-corrected chi connectivity index (χ4v) is 5.97. The van der Waals surface area contributed by atoms with Gasteiger partial charge in [-0.3, -0.25) is 14.5 Å². The number of aromatic nitrogens is 1. The van der Waals surface area contributed by atoms with Crippen LogP contribution in [0.3, 0.4) is 0 Å². The molecule has 10 nitrogen and oxygen atoms in total. The first-order chi connectivity index (χ1) is 19.4. The molecule has 1 unspecified atom stereocenters. The van der Waals surface area contributed by atoms with E-state index in [0.717, 1.165) is 76.1 Å². The largest absolute Gasteiger partial charge is 0.378 e. The van der Waals surface area contributed by atoms with E-state index in [0.29, 0.717) is 37.9 Å². The van der Waals surface area contributed by atoms with Crippen LogP contribution in [-0.4, -0.2) is 112 Å². The molecular formula is C30H48BN7O3. The zero-order valence-corrected chi connectivity index (χ0v) is 24.6. The summed E-state index contributed by atoms with van der Waals surface area (Å²) in [5, 5.41) is 10.2. The van der Waals surface area contributed by atoms with E-state index in [1.54, 1.807) is 12.3 Å². The van der Waals surface area contributed by atoms with Crippen LogP contribution in [0.4, 0.5) is 5.69 Å². The lowest BCUT2D eigenvalue weighted by atomic mass is 9.83. The smallest absolute Gasteiger partial charge is 0.269 e. The number of likely N-dealkylation sites (tertiary alicyclic amines) is 1. The highest BCUT2D eigenvalue weighted by molar-refractivity contribution is 5.92. The number of hydrogen-bond acceptors (Lipinski definition) is 8. The molecule has 4 N–H and O–H groups in total. The number of amides is 2. The molecule has 3 aliphatic rings. The van der Waals surface area contributed by atoms with E-state index in [9.17, 15) is 9.59 Å². The second-order valence-corrected chi connectivity index (χ2v) is 11.4. The minimum atomic E-state index is -0.354. The molecule has 2 aliphatic heterocycles. The van der Waals surface area contributed by atoms with E-state index in [-0.39, 0.29) is 32.4 Å². The second kappa shape index (κ2) is 16.6. The van der Waals surface area contributed by atoms with E-state index in [1.165, 1.54) is 25.5 Å². The summed E-state index contributed by atoms with van der Waals surface area (Å²) >= 11 is 0. The minimum absolute atomic E-state index is 0. The standard InChI is InChI=1S/C30H47N7O3.BH/c1-23(20-31)22-35-15-17-36(18-16-35)25-8-9-27(34-21-25)29(38)33-12-5-19-40-26-10-13-37(14-11-26)30(39)28(32)24-6-3-2-4-7-24;/h8-9,20-21,24,26,28,31H,1-7,10-19,22,32H2,(H,33,38);1H. The van der Waals surface area contributed by atoms with Gasteiger partial charge in [0.15, 0.2) is 0 Å². The van der Waals surface area contributed by atoms with Crippen molar-refractivity contribution in [3.8, 4) is 0 Å². The van der Waals surface area contributed by atoms with Crippen molar-refractivity contribution in [1.82, 2.24) is 20.1 Å². The van der Waals surface area contributed by atoms with E-state index in [4.69, 9.17) is 15.9 Å². The fraction of sp³-hybridized carbons (Fsp3) is 0.667. The highest BCUT2D eigenvalue weighted by atomic mass is 16.5. The predicted octanol–water partition coefficient (Wildman–Crippen LogP) is 1.80. The maximum absolute atomic E-state index is 12.8. The maximum atomic E-state index is 12.8. The molecule has 0 aromatic carbocycles. The Balaban J connectivity index is 0.00000462. The zero-order chi connectivity index (χ0) is 28.3. The van der Waals surface area contributed by atoms with E-state index >= 15 is 0 Å². The number of piperazine rings is 1. The molecule has 224 valence electrons. The number of nitrogens with one attached hydrogen (secondary N) is 2. The normalized spacial score (nSPS) is 19.7. The molecule has 0 spiro atoms. The van der Waals surface area contributed by atoms with E-state index in [2.05, 4.69) is 26.7 Å². The van der Waals surface area contributed by atoms with Gasteiger partial charge in [0, 0.05) is 73.6 Å². The quantitative estimate of drug-likeness (QED) is 0.200. The highest BCUT2D eigenvalue weighted by Crippen LogP contribution is 2.27. The maximum Gasteiger partial charge on any atom is 0.269 e. The summed E-state index contributed by atoms with van der Waals surface area (Å²) < 4.78 is 6.03. The number of nitrogens with zero attached hydrogens (tertiary/aromatic N) is 4. The van der Waals surface area contributed by atoms with Gasteiger partial charge in [-0.2, -0.15) is 0 Å². The van der Waals surface area contributed by atoms with Crippen molar-refractivity contribution in [1.29, 1.82) is 5.41 Å². The summed E-state index contributed by atoms with van der Waals surface area (Å²) in [6.45, 7) is 10.7. The molecule has 11 heteroatoms. The van der Waals surface area contributed by atoms with Crippen molar-refractivity contribution >= 4 is 32.1 Å². The number of hydrogen-bond donors (Lipinski definition) is 3. The minimum Gasteiger partial charge on any atom is -0.378 e. The van der Waals surface area contributed by atoms with Gasteiger partial charge in [-0.1, -0.05) is 25.8 Å². The molecule has 2 amide bonds. The van der Waals surface area contributed by atoms with Crippen LogP contribution in [0.5, 0.6) is 0 Å². The second-order valence-electron chi connectivity index (χ2n) is 11.4. The summed E-state index contributed by atoms with van der Waals surface area (Å²) in [5.41, 5.74) is 8.57. The zero-order valence-electron chi connectivity index (χ0n) is 24.6. The molecule has 41 heavy (non-hydrogen) atoms. The van der Waals surface area contributed by atoms with Gasteiger partial charge in [-0.05, 0) is 55.7 Å². The Hall–Kier alpha value is -2.76. The third-order valence-corrected chi connectivity index (χ3v) is 8.51. The lowest BCUT2D eigenvalue weighted by Crippen LogP contribution is -2.51. The molecule has 3 fully saturated rings. The number of nitrogens with two attached hydrogens (primary N) is 1. The van der Waals surface area contributed by atoms with Crippen LogP contribution in [0.15, 0.2) is 30.5 Å². The Morgan fingerprint density at radius 1 is 1.10 bits per heavy atom. The molecule has 3 heterocycles. The van der Waals surface area contributed by atoms with Crippen molar-refractivity contribution in [3.63, 3.8) is 0 Å². The molecule has 1 aromatic heterocycles. The SMILES string of the molecule is C=C(C=N)CN1CCN(c2ccc(C(=O)NCCCOC3CCN(C(=O)C(N)C4CCCCC4)CC3)nc2)CC1.[BH]. The third-order valence-electron chi connectivity index (χ3n) is 8.51. The molecule has 0 bridgehead atoms.